The first kappa shape index (κ1) is 14.4. The molecule has 0 bridgehead atoms. The van der Waals surface area contributed by atoms with E-state index < -0.39 is 0 Å². The van der Waals surface area contributed by atoms with Gasteiger partial charge in [0.15, 0.2) is 0 Å². The Morgan fingerprint density at radius 1 is 1.35 bits per heavy atom. The van der Waals surface area contributed by atoms with Crippen LogP contribution in [0.15, 0.2) is 42.9 Å². The Morgan fingerprint density at radius 2 is 2.10 bits per heavy atom. The SMILES string of the molecule is O=C(NC(CCO)c1ccccc1)c1ncncc1Cl. The Morgan fingerprint density at radius 3 is 2.75 bits per heavy atom. The van der Waals surface area contributed by atoms with Crippen molar-refractivity contribution in [2.24, 2.45) is 0 Å². The summed E-state index contributed by atoms with van der Waals surface area (Å²) in [5.41, 5.74) is 1.04. The highest BCUT2D eigenvalue weighted by Crippen LogP contribution is 2.18. The molecule has 2 N–H and O–H groups in total. The van der Waals surface area contributed by atoms with Crippen LogP contribution in [-0.2, 0) is 0 Å². The molecule has 0 saturated heterocycles. The van der Waals surface area contributed by atoms with E-state index in [2.05, 4.69) is 15.3 Å². The fourth-order valence-corrected chi connectivity index (χ4v) is 2.03. The second kappa shape index (κ2) is 6.98. The minimum atomic E-state index is -0.389. The summed E-state index contributed by atoms with van der Waals surface area (Å²) in [6.07, 6.45) is 3.05. The Kier molecular flexibility index (Phi) is 5.03. The number of rotatable bonds is 5. The number of benzene rings is 1. The molecule has 5 nitrogen and oxygen atoms in total. The average Bonchev–Trinajstić information content (AvgIpc) is 2.48. The van der Waals surface area contributed by atoms with Crippen molar-refractivity contribution >= 4 is 17.5 Å². The van der Waals surface area contributed by atoms with E-state index in [1.165, 1.54) is 12.5 Å². The zero-order chi connectivity index (χ0) is 14.4. The van der Waals surface area contributed by atoms with E-state index >= 15 is 0 Å². The van der Waals surface area contributed by atoms with Gasteiger partial charge in [-0.15, -0.1) is 0 Å². The number of nitrogens with zero attached hydrogens (tertiary/aromatic N) is 2. The molecular weight excluding hydrogens is 278 g/mol. The third kappa shape index (κ3) is 3.53. The Bertz CT molecular complexity index is 578. The summed E-state index contributed by atoms with van der Waals surface area (Å²) in [7, 11) is 0. The van der Waals surface area contributed by atoms with Gasteiger partial charge in [-0.05, 0) is 12.0 Å². The lowest BCUT2D eigenvalue weighted by Crippen LogP contribution is -2.30. The molecule has 104 valence electrons. The monoisotopic (exact) mass is 291 g/mol. The maximum absolute atomic E-state index is 12.2. The van der Waals surface area contributed by atoms with E-state index in [4.69, 9.17) is 16.7 Å². The van der Waals surface area contributed by atoms with Gasteiger partial charge in [0.05, 0.1) is 11.1 Å². The van der Waals surface area contributed by atoms with Crippen LogP contribution in [0.3, 0.4) is 0 Å². The van der Waals surface area contributed by atoms with Gasteiger partial charge in [0, 0.05) is 12.8 Å². The van der Waals surface area contributed by atoms with E-state index in [0.29, 0.717) is 6.42 Å². The van der Waals surface area contributed by atoms with Crippen LogP contribution in [0.1, 0.15) is 28.5 Å². The minimum absolute atomic E-state index is 0.0304. The van der Waals surface area contributed by atoms with Gasteiger partial charge in [-0.1, -0.05) is 41.9 Å². The van der Waals surface area contributed by atoms with E-state index in [0.717, 1.165) is 5.56 Å². The predicted molar refractivity (Wildman–Crippen MR) is 75.4 cm³/mol. The van der Waals surface area contributed by atoms with Gasteiger partial charge in [0.25, 0.3) is 5.91 Å². The molecule has 1 unspecified atom stereocenters. The van der Waals surface area contributed by atoms with Crippen molar-refractivity contribution in [3.63, 3.8) is 0 Å². The van der Waals surface area contributed by atoms with Gasteiger partial charge in [-0.2, -0.15) is 0 Å². The summed E-state index contributed by atoms with van der Waals surface area (Å²) in [5.74, 6) is -0.389. The Hall–Kier alpha value is -1.98. The first-order valence-electron chi connectivity index (χ1n) is 6.14. The largest absolute Gasteiger partial charge is 0.396 e. The highest BCUT2D eigenvalue weighted by molar-refractivity contribution is 6.33. The van der Waals surface area contributed by atoms with Gasteiger partial charge in [-0.3, -0.25) is 4.79 Å². The quantitative estimate of drug-likeness (QED) is 0.883. The van der Waals surface area contributed by atoms with Crippen molar-refractivity contribution in [3.8, 4) is 0 Å². The molecule has 1 aromatic heterocycles. The number of hydrogen-bond donors (Lipinski definition) is 2. The number of aliphatic hydroxyl groups is 1. The number of carbonyl (C=O) groups excluding carboxylic acids is 1. The van der Waals surface area contributed by atoms with Crippen LogP contribution in [0.5, 0.6) is 0 Å². The summed E-state index contributed by atoms with van der Waals surface area (Å²) in [4.78, 5) is 19.8. The van der Waals surface area contributed by atoms with Crippen LogP contribution < -0.4 is 5.32 Å². The van der Waals surface area contributed by atoms with Crippen molar-refractivity contribution in [2.75, 3.05) is 6.61 Å². The van der Waals surface area contributed by atoms with E-state index in [1.54, 1.807) is 0 Å². The third-order valence-corrected chi connectivity index (χ3v) is 3.08. The molecule has 0 spiro atoms. The highest BCUT2D eigenvalue weighted by atomic mass is 35.5. The van der Waals surface area contributed by atoms with Gasteiger partial charge in [0.2, 0.25) is 0 Å². The molecular formula is C14H14ClN3O2. The van der Waals surface area contributed by atoms with Crippen molar-refractivity contribution in [1.29, 1.82) is 0 Å². The van der Waals surface area contributed by atoms with Crippen molar-refractivity contribution < 1.29 is 9.90 Å². The van der Waals surface area contributed by atoms with Crippen molar-refractivity contribution in [3.05, 3.63) is 59.1 Å². The molecule has 1 heterocycles. The number of amides is 1. The van der Waals surface area contributed by atoms with Crippen molar-refractivity contribution in [1.82, 2.24) is 15.3 Å². The predicted octanol–water partition coefficient (Wildman–Crippen LogP) is 1.98. The van der Waals surface area contributed by atoms with E-state index in [-0.39, 0.29) is 29.3 Å². The summed E-state index contributed by atoms with van der Waals surface area (Å²) < 4.78 is 0. The van der Waals surface area contributed by atoms with Crippen LogP contribution in [0.4, 0.5) is 0 Å². The summed E-state index contributed by atoms with van der Waals surface area (Å²) >= 11 is 5.89. The molecule has 1 amide bonds. The summed E-state index contributed by atoms with van der Waals surface area (Å²) in [6.45, 7) is -0.0304. The molecule has 20 heavy (non-hydrogen) atoms. The molecule has 0 aliphatic rings. The van der Waals surface area contributed by atoms with Crippen molar-refractivity contribution in [2.45, 2.75) is 12.5 Å². The standard InChI is InChI=1S/C14H14ClN3O2/c15-11-8-16-9-17-13(11)14(20)18-12(6-7-19)10-4-2-1-3-5-10/h1-5,8-9,12,19H,6-7H2,(H,18,20). The number of hydrogen-bond acceptors (Lipinski definition) is 4. The lowest BCUT2D eigenvalue weighted by atomic mass is 10.0. The second-order valence-electron chi connectivity index (χ2n) is 4.17. The number of aromatic nitrogens is 2. The number of carbonyl (C=O) groups is 1. The van der Waals surface area contributed by atoms with Gasteiger partial charge < -0.3 is 10.4 Å². The molecule has 0 aliphatic heterocycles. The average molecular weight is 292 g/mol. The van der Waals surface area contributed by atoms with E-state index in [9.17, 15) is 4.79 Å². The fourth-order valence-electron chi connectivity index (χ4n) is 1.84. The highest BCUT2D eigenvalue weighted by Gasteiger charge is 2.18. The fraction of sp³-hybridized carbons (Fsp3) is 0.214. The zero-order valence-corrected chi connectivity index (χ0v) is 11.4. The number of nitrogens with one attached hydrogen (secondary N) is 1. The van der Waals surface area contributed by atoms with Crippen LogP contribution in [0.2, 0.25) is 5.02 Å². The minimum Gasteiger partial charge on any atom is -0.396 e. The maximum atomic E-state index is 12.2. The Labute approximate surface area is 121 Å². The first-order chi connectivity index (χ1) is 9.72. The van der Waals surface area contributed by atoms with Crippen LogP contribution in [0.25, 0.3) is 0 Å². The van der Waals surface area contributed by atoms with Crippen LogP contribution >= 0.6 is 11.6 Å². The molecule has 2 rings (SSSR count). The first-order valence-corrected chi connectivity index (χ1v) is 6.52. The normalized spacial score (nSPS) is 11.9. The lowest BCUT2D eigenvalue weighted by molar-refractivity contribution is 0.0925. The third-order valence-electron chi connectivity index (χ3n) is 2.81. The van der Waals surface area contributed by atoms with Crippen LogP contribution in [0, 0.1) is 0 Å². The smallest absolute Gasteiger partial charge is 0.272 e. The maximum Gasteiger partial charge on any atom is 0.272 e. The summed E-state index contributed by atoms with van der Waals surface area (Å²) in [6, 6.07) is 9.14. The van der Waals surface area contributed by atoms with Gasteiger partial charge in [0.1, 0.15) is 12.0 Å². The molecule has 1 aromatic carbocycles. The Balaban J connectivity index is 2.17. The molecule has 2 aromatic rings. The molecule has 0 aliphatic carbocycles. The van der Waals surface area contributed by atoms with Crippen LogP contribution in [-0.4, -0.2) is 27.6 Å². The molecule has 0 fully saturated rings. The number of aliphatic hydroxyl groups excluding tert-OH is 1. The second-order valence-corrected chi connectivity index (χ2v) is 4.58. The van der Waals surface area contributed by atoms with E-state index in [1.807, 2.05) is 30.3 Å². The lowest BCUT2D eigenvalue weighted by Gasteiger charge is -2.18. The van der Waals surface area contributed by atoms with Gasteiger partial charge >= 0.3 is 0 Å². The molecule has 0 saturated carbocycles. The summed E-state index contributed by atoms with van der Waals surface area (Å²) in [5, 5.41) is 12.1. The molecule has 6 heteroatoms. The topological polar surface area (TPSA) is 75.1 Å². The zero-order valence-electron chi connectivity index (χ0n) is 10.7. The molecule has 0 radical (unpaired) electrons. The number of halogens is 1. The molecule has 1 atom stereocenters. The van der Waals surface area contributed by atoms with Gasteiger partial charge in [-0.25, -0.2) is 9.97 Å².